The van der Waals surface area contributed by atoms with Gasteiger partial charge in [-0.05, 0) is 0 Å². The summed E-state index contributed by atoms with van der Waals surface area (Å²) in [5.74, 6) is -1.78. The third-order valence-electron chi connectivity index (χ3n) is 0.892. The van der Waals surface area contributed by atoms with Gasteiger partial charge >= 0.3 is 29.6 Å². The van der Waals surface area contributed by atoms with Crippen LogP contribution in [0.1, 0.15) is 0 Å². The maximum Gasteiger partial charge on any atom is 1.00 e. The van der Waals surface area contributed by atoms with Gasteiger partial charge in [0.2, 0.25) is 0 Å². The molecule has 0 aliphatic carbocycles. The molecule has 0 aliphatic rings. The molecule has 0 rings (SSSR count). The fourth-order valence-corrected chi connectivity index (χ4v) is 2.19. The summed E-state index contributed by atoms with van der Waals surface area (Å²) in [6.07, 6.45) is -0.796. The summed E-state index contributed by atoms with van der Waals surface area (Å²) >= 11 is 0. The van der Waals surface area contributed by atoms with Crippen molar-refractivity contribution in [2.45, 2.75) is 6.10 Å². The summed E-state index contributed by atoms with van der Waals surface area (Å²) in [7, 11) is -8.01. The number of rotatable bonds is 4. The number of sulfone groups is 1. The largest absolute Gasteiger partial charge is 1.00 e. The summed E-state index contributed by atoms with van der Waals surface area (Å²) in [6, 6.07) is 0. The van der Waals surface area contributed by atoms with Gasteiger partial charge in [0.25, 0.3) is 0 Å². The minimum atomic E-state index is -4.56. The van der Waals surface area contributed by atoms with Crippen LogP contribution in [0.4, 0.5) is 0 Å². The first-order chi connectivity index (χ1) is 5.10. The summed E-state index contributed by atoms with van der Waals surface area (Å²) in [6.45, 7) is 0. The van der Waals surface area contributed by atoms with Crippen molar-refractivity contribution < 1.29 is 56.1 Å². The molecule has 0 bridgehead atoms. The summed E-state index contributed by atoms with van der Waals surface area (Å²) in [4.78, 5) is 0. The Morgan fingerprint density at radius 2 is 1.62 bits per heavy atom. The van der Waals surface area contributed by atoms with Gasteiger partial charge < -0.3 is 9.66 Å². The first kappa shape index (κ1) is 16.3. The molecular weight excluding hydrogens is 231 g/mol. The molecule has 0 heterocycles. The maximum atomic E-state index is 10.5. The molecule has 0 aromatic heterocycles. The van der Waals surface area contributed by atoms with Crippen LogP contribution in [0.2, 0.25) is 0 Å². The molecule has 0 aromatic rings. The normalized spacial score (nSPS) is 14.7. The SMILES string of the molecule is CS(=O)(=O)CC(O)CS(=O)(=O)[O-].[Na+]. The van der Waals surface area contributed by atoms with Gasteiger partial charge in [0, 0.05) is 6.26 Å². The van der Waals surface area contributed by atoms with Crippen LogP contribution in [-0.2, 0) is 20.0 Å². The molecule has 9 heteroatoms. The van der Waals surface area contributed by atoms with Crippen LogP contribution < -0.4 is 29.6 Å². The number of aliphatic hydroxyl groups excluding tert-OH is 1. The molecule has 0 amide bonds. The Hall–Kier alpha value is 0.820. The first-order valence-corrected chi connectivity index (χ1v) is 6.53. The van der Waals surface area contributed by atoms with Crippen molar-refractivity contribution in [2.24, 2.45) is 0 Å². The Bertz CT molecular complexity index is 296. The van der Waals surface area contributed by atoms with Crippen LogP contribution in [-0.4, -0.2) is 50.4 Å². The third kappa shape index (κ3) is 12.8. The van der Waals surface area contributed by atoms with Crippen molar-refractivity contribution >= 4 is 20.0 Å². The molecule has 1 atom stereocenters. The van der Waals surface area contributed by atoms with E-state index in [-0.39, 0.29) is 29.6 Å². The molecule has 13 heavy (non-hydrogen) atoms. The smallest absolute Gasteiger partial charge is 0.748 e. The van der Waals surface area contributed by atoms with Crippen LogP contribution >= 0.6 is 0 Å². The topological polar surface area (TPSA) is 112 Å². The summed E-state index contributed by atoms with van der Waals surface area (Å²) in [5.41, 5.74) is 0. The van der Waals surface area contributed by atoms with Gasteiger partial charge in [-0.2, -0.15) is 0 Å². The number of hydrogen-bond donors (Lipinski definition) is 1. The molecule has 1 unspecified atom stereocenters. The Morgan fingerprint density at radius 3 is 1.85 bits per heavy atom. The number of hydrogen-bond acceptors (Lipinski definition) is 6. The predicted octanol–water partition coefficient (Wildman–Crippen LogP) is -5.06. The van der Waals surface area contributed by atoms with E-state index < -0.39 is 37.6 Å². The van der Waals surface area contributed by atoms with Gasteiger partial charge in [0.1, 0.15) is 9.84 Å². The average molecular weight is 240 g/mol. The molecule has 74 valence electrons. The van der Waals surface area contributed by atoms with Crippen molar-refractivity contribution in [1.29, 1.82) is 0 Å². The third-order valence-corrected chi connectivity index (χ3v) is 2.67. The predicted molar refractivity (Wildman–Crippen MR) is 40.3 cm³/mol. The van der Waals surface area contributed by atoms with E-state index in [4.69, 9.17) is 5.11 Å². The van der Waals surface area contributed by atoms with Gasteiger partial charge in [0.05, 0.1) is 27.7 Å². The van der Waals surface area contributed by atoms with Gasteiger partial charge in [-0.3, -0.25) is 0 Å². The number of aliphatic hydroxyl groups is 1. The average Bonchev–Trinajstić information content (AvgIpc) is 1.49. The minimum Gasteiger partial charge on any atom is -0.748 e. The van der Waals surface area contributed by atoms with Crippen molar-refractivity contribution in [3.8, 4) is 0 Å². The van der Waals surface area contributed by atoms with E-state index in [1.807, 2.05) is 0 Å². The first-order valence-electron chi connectivity index (χ1n) is 2.89. The van der Waals surface area contributed by atoms with Gasteiger partial charge in [-0.1, -0.05) is 0 Å². The summed E-state index contributed by atoms with van der Waals surface area (Å²) in [5, 5.41) is 8.76. The summed E-state index contributed by atoms with van der Waals surface area (Å²) < 4.78 is 51.0. The van der Waals surface area contributed by atoms with Gasteiger partial charge in [-0.25, -0.2) is 16.8 Å². The molecular formula is C4H9NaO6S2. The zero-order chi connectivity index (χ0) is 9.99. The second kappa shape index (κ2) is 5.64. The molecule has 0 radical (unpaired) electrons. The molecule has 1 N–H and O–H groups in total. The van der Waals surface area contributed by atoms with Crippen LogP contribution in [0, 0.1) is 0 Å². The zero-order valence-electron chi connectivity index (χ0n) is 7.30. The van der Waals surface area contributed by atoms with Crippen LogP contribution in [0.15, 0.2) is 0 Å². The molecule has 0 saturated heterocycles. The monoisotopic (exact) mass is 240 g/mol. The zero-order valence-corrected chi connectivity index (χ0v) is 10.9. The van der Waals surface area contributed by atoms with E-state index in [2.05, 4.69) is 0 Å². The van der Waals surface area contributed by atoms with Gasteiger partial charge in [0.15, 0.2) is 0 Å². The van der Waals surface area contributed by atoms with E-state index >= 15 is 0 Å². The Morgan fingerprint density at radius 1 is 1.23 bits per heavy atom. The van der Waals surface area contributed by atoms with E-state index in [9.17, 15) is 21.4 Å². The van der Waals surface area contributed by atoms with E-state index in [0.29, 0.717) is 0 Å². The van der Waals surface area contributed by atoms with Crippen molar-refractivity contribution in [2.75, 3.05) is 17.8 Å². The molecule has 6 nitrogen and oxygen atoms in total. The van der Waals surface area contributed by atoms with Crippen molar-refractivity contribution in [3.05, 3.63) is 0 Å². The van der Waals surface area contributed by atoms with E-state index in [1.54, 1.807) is 0 Å². The van der Waals surface area contributed by atoms with Gasteiger partial charge in [-0.15, -0.1) is 0 Å². The van der Waals surface area contributed by atoms with Crippen LogP contribution in [0.25, 0.3) is 0 Å². The van der Waals surface area contributed by atoms with E-state index in [1.165, 1.54) is 0 Å². The fraction of sp³-hybridized carbons (Fsp3) is 1.00. The van der Waals surface area contributed by atoms with Crippen molar-refractivity contribution in [3.63, 3.8) is 0 Å². The van der Waals surface area contributed by atoms with E-state index in [0.717, 1.165) is 6.26 Å². The van der Waals surface area contributed by atoms with Crippen LogP contribution in [0.3, 0.4) is 0 Å². The molecule has 0 aromatic carbocycles. The van der Waals surface area contributed by atoms with Crippen molar-refractivity contribution in [1.82, 2.24) is 0 Å². The molecule has 0 fully saturated rings. The minimum absolute atomic E-state index is 0. The maximum absolute atomic E-state index is 10.5. The standard InChI is InChI=1S/C4H10O6S2.Na/c1-11(6,7)2-4(5)3-12(8,9)10;/h4-5H,2-3H2,1H3,(H,8,9,10);/q;+1/p-1. The Kier molecular flexibility index (Phi) is 7.05. The quantitative estimate of drug-likeness (QED) is 0.389. The van der Waals surface area contributed by atoms with Crippen LogP contribution in [0.5, 0.6) is 0 Å². The Balaban J connectivity index is 0. The molecule has 0 spiro atoms. The molecule has 0 saturated carbocycles. The second-order valence-corrected chi connectivity index (χ2v) is 6.10. The fourth-order valence-electron chi connectivity index (χ4n) is 0.633. The second-order valence-electron chi connectivity index (χ2n) is 2.47. The Labute approximate surface area is 99.3 Å². The molecule has 0 aliphatic heterocycles.